The van der Waals surface area contributed by atoms with Crippen molar-refractivity contribution in [3.05, 3.63) is 35.0 Å². The zero-order valence-corrected chi connectivity index (χ0v) is 11.0. The molecule has 0 bridgehead atoms. The van der Waals surface area contributed by atoms with E-state index in [4.69, 9.17) is 5.73 Å². The van der Waals surface area contributed by atoms with Crippen molar-refractivity contribution in [1.29, 1.82) is 0 Å². The molecule has 0 saturated heterocycles. The monoisotopic (exact) mass is 245 g/mol. The number of fused-ring (bicyclic) bond motifs is 1. The molecular formula is C14H19N3O. The van der Waals surface area contributed by atoms with Crippen LogP contribution in [0.25, 0.3) is 10.9 Å². The highest BCUT2D eigenvalue weighted by atomic mass is 16.1. The number of carbonyl (C=O) groups is 1. The van der Waals surface area contributed by atoms with Crippen molar-refractivity contribution in [2.45, 2.75) is 26.8 Å². The smallest absolute Gasteiger partial charge is 0.253 e. The van der Waals surface area contributed by atoms with E-state index in [1.807, 2.05) is 39.0 Å². The molecule has 0 radical (unpaired) electrons. The maximum Gasteiger partial charge on any atom is 0.253 e. The van der Waals surface area contributed by atoms with E-state index >= 15 is 0 Å². The number of hydrogen-bond donors (Lipinski definition) is 3. The van der Waals surface area contributed by atoms with Crippen molar-refractivity contribution in [2.75, 3.05) is 6.54 Å². The van der Waals surface area contributed by atoms with Gasteiger partial charge < -0.3 is 16.0 Å². The topological polar surface area (TPSA) is 70.9 Å². The van der Waals surface area contributed by atoms with E-state index in [1.165, 1.54) is 0 Å². The highest BCUT2D eigenvalue weighted by molar-refractivity contribution is 6.08. The molecular weight excluding hydrogens is 226 g/mol. The van der Waals surface area contributed by atoms with Gasteiger partial charge in [-0.2, -0.15) is 0 Å². The van der Waals surface area contributed by atoms with Crippen molar-refractivity contribution in [3.8, 4) is 0 Å². The van der Waals surface area contributed by atoms with Crippen molar-refractivity contribution >= 4 is 16.8 Å². The van der Waals surface area contributed by atoms with Crippen LogP contribution in [0.2, 0.25) is 0 Å². The highest BCUT2D eigenvalue weighted by Gasteiger charge is 2.17. The number of aromatic nitrogens is 1. The Morgan fingerprint density at radius 2 is 2.17 bits per heavy atom. The van der Waals surface area contributed by atoms with Crippen LogP contribution in [-0.2, 0) is 0 Å². The molecule has 0 saturated carbocycles. The van der Waals surface area contributed by atoms with Crippen LogP contribution < -0.4 is 11.1 Å². The first-order valence-corrected chi connectivity index (χ1v) is 6.13. The fraction of sp³-hybridized carbons (Fsp3) is 0.357. The molecule has 4 N–H and O–H groups in total. The van der Waals surface area contributed by atoms with E-state index in [0.29, 0.717) is 12.1 Å². The Kier molecular flexibility index (Phi) is 3.39. The average molecular weight is 245 g/mol. The molecule has 4 heteroatoms. The van der Waals surface area contributed by atoms with Crippen molar-refractivity contribution in [1.82, 2.24) is 10.3 Å². The van der Waals surface area contributed by atoms with Gasteiger partial charge in [-0.3, -0.25) is 4.79 Å². The van der Waals surface area contributed by atoms with Gasteiger partial charge in [0.15, 0.2) is 0 Å². The Hall–Kier alpha value is -1.81. The van der Waals surface area contributed by atoms with Gasteiger partial charge in [-0.05, 0) is 26.3 Å². The fourth-order valence-corrected chi connectivity index (χ4v) is 2.14. The average Bonchev–Trinajstić information content (AvgIpc) is 2.67. The van der Waals surface area contributed by atoms with Crippen LogP contribution in [0, 0.1) is 13.8 Å². The predicted molar refractivity (Wildman–Crippen MR) is 73.8 cm³/mol. The zero-order chi connectivity index (χ0) is 13.3. The number of hydrogen-bond acceptors (Lipinski definition) is 2. The quantitative estimate of drug-likeness (QED) is 0.772. The molecule has 1 aromatic heterocycles. The molecule has 2 aromatic rings. The number of nitrogens with one attached hydrogen (secondary N) is 2. The Bertz CT molecular complexity index is 586. The number of para-hydroxylation sites is 1. The van der Waals surface area contributed by atoms with E-state index in [0.717, 1.165) is 22.2 Å². The molecule has 2 rings (SSSR count). The lowest BCUT2D eigenvalue weighted by atomic mass is 10.1. The van der Waals surface area contributed by atoms with Crippen LogP contribution >= 0.6 is 0 Å². The molecule has 0 aliphatic heterocycles. The molecule has 0 fully saturated rings. The van der Waals surface area contributed by atoms with Crippen molar-refractivity contribution in [3.63, 3.8) is 0 Å². The summed E-state index contributed by atoms with van der Waals surface area (Å²) in [4.78, 5) is 15.5. The van der Waals surface area contributed by atoms with Crippen LogP contribution in [0.15, 0.2) is 18.2 Å². The number of nitrogens with two attached hydrogens (primary N) is 1. The first-order chi connectivity index (χ1) is 8.54. The predicted octanol–water partition coefficient (Wildman–Crippen LogP) is 1.86. The maximum absolute atomic E-state index is 12.2. The van der Waals surface area contributed by atoms with Crippen molar-refractivity contribution < 1.29 is 4.79 Å². The molecule has 18 heavy (non-hydrogen) atoms. The van der Waals surface area contributed by atoms with Gasteiger partial charge in [-0.15, -0.1) is 0 Å². The van der Waals surface area contributed by atoms with Crippen LogP contribution in [0.3, 0.4) is 0 Å². The van der Waals surface area contributed by atoms with E-state index in [2.05, 4.69) is 10.3 Å². The molecule has 0 spiro atoms. The summed E-state index contributed by atoms with van der Waals surface area (Å²) in [7, 11) is 0. The van der Waals surface area contributed by atoms with Gasteiger partial charge in [-0.25, -0.2) is 0 Å². The number of benzene rings is 1. The Balaban J connectivity index is 2.47. The summed E-state index contributed by atoms with van der Waals surface area (Å²) in [6, 6.07) is 5.94. The second-order valence-electron chi connectivity index (χ2n) is 4.73. The summed E-state index contributed by atoms with van der Waals surface area (Å²) in [5, 5.41) is 3.87. The zero-order valence-electron chi connectivity index (χ0n) is 11.0. The molecule has 1 heterocycles. The largest absolute Gasteiger partial charge is 0.358 e. The molecule has 4 nitrogen and oxygen atoms in total. The van der Waals surface area contributed by atoms with E-state index in [9.17, 15) is 4.79 Å². The third-order valence-corrected chi connectivity index (χ3v) is 3.19. The van der Waals surface area contributed by atoms with Gasteiger partial charge in [0.05, 0.1) is 5.56 Å². The minimum Gasteiger partial charge on any atom is -0.358 e. The lowest BCUT2D eigenvalue weighted by Crippen LogP contribution is -2.37. The summed E-state index contributed by atoms with van der Waals surface area (Å²) >= 11 is 0. The molecule has 1 unspecified atom stereocenters. The van der Waals surface area contributed by atoms with Gasteiger partial charge >= 0.3 is 0 Å². The second kappa shape index (κ2) is 4.82. The first-order valence-electron chi connectivity index (χ1n) is 6.13. The molecule has 1 aromatic carbocycles. The van der Waals surface area contributed by atoms with Gasteiger partial charge in [0.25, 0.3) is 5.91 Å². The molecule has 1 atom stereocenters. The van der Waals surface area contributed by atoms with Gasteiger partial charge in [0.1, 0.15) is 0 Å². The summed E-state index contributed by atoms with van der Waals surface area (Å²) in [5.74, 6) is -0.0673. The van der Waals surface area contributed by atoms with Crippen LogP contribution in [-0.4, -0.2) is 23.5 Å². The number of aryl methyl sites for hydroxylation is 2. The minimum absolute atomic E-state index is 0.0216. The standard InChI is InChI=1S/C14H19N3O/c1-8-5-4-6-11-12(10(3)17-13(8)11)14(18)16-9(2)7-15/h4-6,9,17H,7,15H2,1-3H3,(H,16,18). The SMILES string of the molecule is Cc1[nH]c2c(C)cccc2c1C(=O)NC(C)CN. The number of carbonyl (C=O) groups excluding carboxylic acids is 1. The highest BCUT2D eigenvalue weighted by Crippen LogP contribution is 2.24. The fourth-order valence-electron chi connectivity index (χ4n) is 2.14. The molecule has 0 aliphatic rings. The van der Waals surface area contributed by atoms with Crippen molar-refractivity contribution in [2.24, 2.45) is 5.73 Å². The number of rotatable bonds is 3. The first kappa shape index (κ1) is 12.6. The third-order valence-electron chi connectivity index (χ3n) is 3.19. The third kappa shape index (κ3) is 2.11. The maximum atomic E-state index is 12.2. The molecule has 1 amide bonds. The van der Waals surface area contributed by atoms with Gasteiger partial charge in [0, 0.05) is 29.2 Å². The summed E-state index contributed by atoms with van der Waals surface area (Å²) in [5.41, 5.74) is 9.30. The Labute approximate surface area is 107 Å². The lowest BCUT2D eigenvalue weighted by molar-refractivity contribution is 0.0942. The summed E-state index contributed by atoms with van der Waals surface area (Å²) in [6.07, 6.45) is 0. The van der Waals surface area contributed by atoms with Gasteiger partial charge in [0.2, 0.25) is 0 Å². The van der Waals surface area contributed by atoms with Crippen LogP contribution in [0.4, 0.5) is 0 Å². The van der Waals surface area contributed by atoms with Crippen LogP contribution in [0.1, 0.15) is 28.5 Å². The van der Waals surface area contributed by atoms with E-state index < -0.39 is 0 Å². The van der Waals surface area contributed by atoms with Crippen LogP contribution in [0.5, 0.6) is 0 Å². The molecule has 0 aliphatic carbocycles. The van der Waals surface area contributed by atoms with Gasteiger partial charge in [-0.1, -0.05) is 18.2 Å². The summed E-state index contributed by atoms with van der Waals surface area (Å²) in [6.45, 7) is 6.28. The number of aromatic amines is 1. The normalized spacial score (nSPS) is 12.7. The minimum atomic E-state index is -0.0673. The Morgan fingerprint density at radius 3 is 2.83 bits per heavy atom. The van der Waals surface area contributed by atoms with E-state index in [-0.39, 0.29) is 11.9 Å². The summed E-state index contributed by atoms with van der Waals surface area (Å²) < 4.78 is 0. The Morgan fingerprint density at radius 1 is 1.44 bits per heavy atom. The lowest BCUT2D eigenvalue weighted by Gasteiger charge is -2.11. The molecule has 96 valence electrons. The number of amides is 1. The van der Waals surface area contributed by atoms with E-state index in [1.54, 1.807) is 0 Å². The second-order valence-corrected chi connectivity index (χ2v) is 4.73. The number of H-pyrrole nitrogens is 1.